The molecule has 2 heterocycles. The predicted molar refractivity (Wildman–Crippen MR) is 113 cm³/mol. The number of halogens is 2. The minimum absolute atomic E-state index is 0.00933. The topological polar surface area (TPSA) is 36.4 Å². The van der Waals surface area contributed by atoms with E-state index in [9.17, 15) is 4.79 Å². The summed E-state index contributed by atoms with van der Waals surface area (Å²) in [7, 11) is 0. The monoisotopic (exact) mass is 425 g/mol. The first kappa shape index (κ1) is 20.6. The van der Waals surface area contributed by atoms with Crippen molar-refractivity contribution in [1.29, 1.82) is 0 Å². The van der Waals surface area contributed by atoms with Gasteiger partial charge in [-0.2, -0.15) is 0 Å². The SMILES string of the molecule is CC(C)(C)c1nc(CN2CCCN(C(=O)c3cc(Cl)cc(Cl)c3)CC2)cs1. The number of rotatable bonds is 3. The van der Waals surface area contributed by atoms with Crippen LogP contribution >= 0.6 is 34.5 Å². The normalized spacial score (nSPS) is 16.4. The molecule has 0 radical (unpaired) electrons. The van der Waals surface area contributed by atoms with E-state index >= 15 is 0 Å². The Morgan fingerprint density at radius 2 is 1.81 bits per heavy atom. The summed E-state index contributed by atoms with van der Waals surface area (Å²) in [5.74, 6) is -0.00933. The Bertz CT molecular complexity index is 796. The third-order valence-electron chi connectivity index (χ3n) is 4.56. The lowest BCUT2D eigenvalue weighted by molar-refractivity contribution is 0.0761. The van der Waals surface area contributed by atoms with Crippen LogP contribution in [-0.4, -0.2) is 46.9 Å². The molecule has 1 saturated heterocycles. The van der Waals surface area contributed by atoms with Gasteiger partial charge in [0, 0.05) is 59.1 Å². The summed E-state index contributed by atoms with van der Waals surface area (Å²) in [6.45, 7) is 10.6. The second kappa shape index (κ2) is 8.48. The highest BCUT2D eigenvalue weighted by Crippen LogP contribution is 2.26. The quantitative estimate of drug-likeness (QED) is 0.686. The first-order valence-electron chi connectivity index (χ1n) is 9.15. The Hall–Kier alpha value is -1.14. The van der Waals surface area contributed by atoms with Crippen LogP contribution in [-0.2, 0) is 12.0 Å². The van der Waals surface area contributed by atoms with E-state index in [0.717, 1.165) is 38.3 Å². The minimum Gasteiger partial charge on any atom is -0.337 e. The summed E-state index contributed by atoms with van der Waals surface area (Å²) in [5, 5.41) is 4.30. The highest BCUT2D eigenvalue weighted by Gasteiger charge is 2.22. The van der Waals surface area contributed by atoms with Crippen LogP contribution in [0.25, 0.3) is 0 Å². The van der Waals surface area contributed by atoms with Crippen molar-refractivity contribution in [1.82, 2.24) is 14.8 Å². The first-order valence-corrected chi connectivity index (χ1v) is 10.8. The molecule has 0 N–H and O–H groups in total. The largest absolute Gasteiger partial charge is 0.337 e. The van der Waals surface area contributed by atoms with Crippen LogP contribution < -0.4 is 0 Å². The molecule has 7 heteroatoms. The second-order valence-corrected chi connectivity index (χ2v) is 9.70. The molecule has 4 nitrogen and oxygen atoms in total. The molecule has 1 aromatic heterocycles. The number of nitrogens with zero attached hydrogens (tertiary/aromatic N) is 3. The summed E-state index contributed by atoms with van der Waals surface area (Å²) < 4.78 is 0. The maximum absolute atomic E-state index is 12.8. The van der Waals surface area contributed by atoms with E-state index in [4.69, 9.17) is 28.2 Å². The summed E-state index contributed by atoms with van der Waals surface area (Å²) >= 11 is 13.8. The molecule has 1 fully saturated rings. The Labute approximate surface area is 175 Å². The van der Waals surface area contributed by atoms with Crippen LogP contribution in [0.15, 0.2) is 23.6 Å². The van der Waals surface area contributed by atoms with Crippen molar-refractivity contribution in [3.05, 3.63) is 49.9 Å². The van der Waals surface area contributed by atoms with E-state index in [0.29, 0.717) is 22.2 Å². The molecule has 0 bridgehead atoms. The maximum Gasteiger partial charge on any atom is 0.254 e. The number of aromatic nitrogens is 1. The van der Waals surface area contributed by atoms with E-state index in [1.165, 1.54) is 5.01 Å². The van der Waals surface area contributed by atoms with Gasteiger partial charge in [-0.05, 0) is 24.6 Å². The van der Waals surface area contributed by atoms with E-state index in [1.807, 2.05) is 4.90 Å². The molecule has 1 aliphatic rings. The van der Waals surface area contributed by atoms with Crippen molar-refractivity contribution in [3.8, 4) is 0 Å². The number of hydrogen-bond acceptors (Lipinski definition) is 4. The lowest BCUT2D eigenvalue weighted by Crippen LogP contribution is -2.35. The molecule has 2 aromatic rings. The van der Waals surface area contributed by atoms with Crippen molar-refractivity contribution in [2.24, 2.45) is 0 Å². The van der Waals surface area contributed by atoms with Crippen LogP contribution in [0.1, 0.15) is 48.3 Å². The Morgan fingerprint density at radius 1 is 1.11 bits per heavy atom. The van der Waals surface area contributed by atoms with Gasteiger partial charge in [0.15, 0.2) is 0 Å². The van der Waals surface area contributed by atoms with Gasteiger partial charge in [0.25, 0.3) is 5.91 Å². The number of carbonyl (C=O) groups is 1. The fraction of sp³-hybridized carbons (Fsp3) is 0.500. The maximum atomic E-state index is 12.8. The van der Waals surface area contributed by atoms with Gasteiger partial charge in [-0.25, -0.2) is 4.98 Å². The van der Waals surface area contributed by atoms with Crippen LogP contribution in [0.4, 0.5) is 0 Å². The zero-order chi connectivity index (χ0) is 19.6. The smallest absolute Gasteiger partial charge is 0.254 e. The molecular weight excluding hydrogens is 401 g/mol. The molecule has 0 atom stereocenters. The molecule has 0 unspecified atom stereocenters. The first-order chi connectivity index (χ1) is 12.7. The summed E-state index contributed by atoms with van der Waals surface area (Å²) in [6.07, 6.45) is 0.941. The van der Waals surface area contributed by atoms with Crippen molar-refractivity contribution in [2.75, 3.05) is 26.2 Å². The summed E-state index contributed by atoms with van der Waals surface area (Å²) in [6, 6.07) is 5.01. The standard InChI is InChI=1S/C20H25Cl2N3OS/c1-20(2,3)19-23-17(13-27-19)12-24-5-4-6-25(8-7-24)18(26)14-9-15(21)11-16(22)10-14/h9-11,13H,4-8,12H2,1-3H3. The summed E-state index contributed by atoms with van der Waals surface area (Å²) in [5.41, 5.74) is 1.75. The highest BCUT2D eigenvalue weighted by atomic mass is 35.5. The van der Waals surface area contributed by atoms with Gasteiger partial charge in [-0.1, -0.05) is 44.0 Å². The van der Waals surface area contributed by atoms with Crippen LogP contribution in [0.5, 0.6) is 0 Å². The Kier molecular flexibility index (Phi) is 6.46. The van der Waals surface area contributed by atoms with E-state index < -0.39 is 0 Å². The molecule has 3 rings (SSSR count). The third kappa shape index (κ3) is 5.44. The minimum atomic E-state index is -0.00933. The molecule has 27 heavy (non-hydrogen) atoms. The van der Waals surface area contributed by atoms with Gasteiger partial charge in [0.2, 0.25) is 0 Å². The lowest BCUT2D eigenvalue weighted by atomic mass is 9.98. The van der Waals surface area contributed by atoms with Crippen LogP contribution in [0, 0.1) is 0 Å². The van der Waals surface area contributed by atoms with Gasteiger partial charge >= 0.3 is 0 Å². The van der Waals surface area contributed by atoms with Gasteiger partial charge in [0.05, 0.1) is 10.7 Å². The van der Waals surface area contributed by atoms with Crippen LogP contribution in [0.3, 0.4) is 0 Å². The predicted octanol–water partition coefficient (Wildman–Crippen LogP) is 5.10. The van der Waals surface area contributed by atoms with Gasteiger partial charge in [0.1, 0.15) is 0 Å². The number of carbonyl (C=O) groups excluding carboxylic acids is 1. The zero-order valence-corrected chi connectivity index (χ0v) is 18.3. The Morgan fingerprint density at radius 3 is 2.44 bits per heavy atom. The van der Waals surface area contributed by atoms with E-state index in [1.54, 1.807) is 29.5 Å². The van der Waals surface area contributed by atoms with Crippen molar-refractivity contribution >= 4 is 40.4 Å². The average molecular weight is 426 g/mol. The molecule has 146 valence electrons. The number of hydrogen-bond donors (Lipinski definition) is 0. The van der Waals surface area contributed by atoms with Gasteiger partial charge < -0.3 is 4.90 Å². The lowest BCUT2D eigenvalue weighted by Gasteiger charge is -2.22. The zero-order valence-electron chi connectivity index (χ0n) is 16.0. The molecule has 1 aromatic carbocycles. The highest BCUT2D eigenvalue weighted by molar-refractivity contribution is 7.09. The van der Waals surface area contributed by atoms with Crippen LogP contribution in [0.2, 0.25) is 10.0 Å². The molecule has 0 spiro atoms. The summed E-state index contributed by atoms with van der Waals surface area (Å²) in [4.78, 5) is 21.9. The van der Waals surface area contributed by atoms with Gasteiger partial charge in [-0.15, -0.1) is 11.3 Å². The number of thiazole rings is 1. The number of amides is 1. The molecule has 0 aliphatic carbocycles. The Balaban J connectivity index is 1.61. The third-order valence-corrected chi connectivity index (χ3v) is 6.32. The number of benzene rings is 1. The molecule has 1 aliphatic heterocycles. The molecule has 1 amide bonds. The fourth-order valence-electron chi connectivity index (χ4n) is 3.15. The van der Waals surface area contributed by atoms with Crippen molar-refractivity contribution in [3.63, 3.8) is 0 Å². The molecular formula is C20H25Cl2N3OS. The fourth-order valence-corrected chi connectivity index (χ4v) is 4.57. The van der Waals surface area contributed by atoms with Crippen molar-refractivity contribution < 1.29 is 4.79 Å². The average Bonchev–Trinajstić information content (AvgIpc) is 2.93. The van der Waals surface area contributed by atoms with Crippen molar-refractivity contribution in [2.45, 2.75) is 39.2 Å². The second-order valence-electron chi connectivity index (χ2n) is 7.97. The molecule has 0 saturated carbocycles. The van der Waals surface area contributed by atoms with Gasteiger partial charge in [-0.3, -0.25) is 9.69 Å². The van der Waals surface area contributed by atoms with E-state index in [-0.39, 0.29) is 11.3 Å². The van der Waals surface area contributed by atoms with E-state index in [2.05, 4.69) is 31.1 Å².